The minimum atomic E-state index is 0.356. The Labute approximate surface area is 165 Å². The lowest BCUT2D eigenvalue weighted by Crippen LogP contribution is -2.23. The Balaban J connectivity index is 1.88. The molecule has 0 aliphatic heterocycles. The van der Waals surface area contributed by atoms with Crippen molar-refractivity contribution < 1.29 is 13.9 Å². The number of fused-ring (bicyclic) bond motifs is 1. The monoisotopic (exact) mass is 377 g/mol. The van der Waals surface area contributed by atoms with Gasteiger partial charge < -0.3 is 13.9 Å². The minimum Gasteiger partial charge on any atom is -0.497 e. The Bertz CT molecular complexity index is 1020. The number of hydrogen-bond donors (Lipinski definition) is 0. The summed E-state index contributed by atoms with van der Waals surface area (Å²) < 4.78 is 16.9. The maximum absolute atomic E-state index is 6.22. The Morgan fingerprint density at radius 2 is 1.61 bits per heavy atom. The Kier molecular flexibility index (Phi) is 5.38. The van der Waals surface area contributed by atoms with Crippen LogP contribution in [0.5, 0.6) is 11.5 Å². The molecular formula is C24H27NO3. The highest BCUT2D eigenvalue weighted by Crippen LogP contribution is 2.28. The Hall–Kier alpha value is -2.75. The highest BCUT2D eigenvalue weighted by atomic mass is 16.5. The fourth-order valence-electron chi connectivity index (χ4n) is 3.95. The summed E-state index contributed by atoms with van der Waals surface area (Å²) in [5.41, 5.74) is 1.82. The molecule has 0 bridgehead atoms. The molecule has 3 aromatic rings. The van der Waals surface area contributed by atoms with E-state index in [4.69, 9.17) is 18.9 Å². The lowest BCUT2D eigenvalue weighted by Gasteiger charge is -2.25. The van der Waals surface area contributed by atoms with Crippen molar-refractivity contribution in [3.8, 4) is 22.8 Å². The van der Waals surface area contributed by atoms with Crippen molar-refractivity contribution in [2.45, 2.75) is 38.6 Å². The molecular weight excluding hydrogens is 350 g/mol. The van der Waals surface area contributed by atoms with E-state index < -0.39 is 0 Å². The van der Waals surface area contributed by atoms with E-state index >= 15 is 0 Å². The molecule has 1 saturated carbocycles. The number of ether oxygens (including phenoxy) is 2. The third-order valence-corrected chi connectivity index (χ3v) is 5.70. The minimum absolute atomic E-state index is 0.356. The largest absolute Gasteiger partial charge is 0.497 e. The molecule has 2 unspecified atom stereocenters. The molecule has 0 radical (unpaired) electrons. The van der Waals surface area contributed by atoms with Crippen LogP contribution in [0.25, 0.3) is 22.3 Å². The highest BCUT2D eigenvalue weighted by molar-refractivity contribution is 5.80. The van der Waals surface area contributed by atoms with Gasteiger partial charge in [0, 0.05) is 17.0 Å². The summed E-state index contributed by atoms with van der Waals surface area (Å²) in [4.78, 5) is 5.18. The summed E-state index contributed by atoms with van der Waals surface area (Å²) in [5, 5.41) is 1.97. The van der Waals surface area contributed by atoms with Crippen molar-refractivity contribution in [2.24, 2.45) is 10.9 Å². The first kappa shape index (κ1) is 18.6. The Morgan fingerprint density at radius 1 is 0.893 bits per heavy atom. The fraction of sp³-hybridized carbons (Fsp3) is 0.375. The van der Waals surface area contributed by atoms with Gasteiger partial charge >= 0.3 is 0 Å². The van der Waals surface area contributed by atoms with E-state index in [9.17, 15) is 0 Å². The van der Waals surface area contributed by atoms with Crippen LogP contribution >= 0.6 is 0 Å². The van der Waals surface area contributed by atoms with Crippen LogP contribution in [0.4, 0.5) is 0 Å². The SMILES string of the molecule is COc1ccc(-c2cc(=NC3CCCCC3C)c3cc(OC)ccc3o2)cc1. The summed E-state index contributed by atoms with van der Waals surface area (Å²) in [6.07, 6.45) is 4.96. The average Bonchev–Trinajstić information content (AvgIpc) is 2.75. The Morgan fingerprint density at radius 3 is 2.32 bits per heavy atom. The maximum atomic E-state index is 6.22. The molecule has 0 saturated heterocycles. The van der Waals surface area contributed by atoms with Crippen LogP contribution in [-0.4, -0.2) is 20.3 Å². The smallest absolute Gasteiger partial charge is 0.137 e. The molecule has 28 heavy (non-hydrogen) atoms. The highest BCUT2D eigenvalue weighted by Gasteiger charge is 2.20. The molecule has 1 fully saturated rings. The van der Waals surface area contributed by atoms with Crippen molar-refractivity contribution in [3.63, 3.8) is 0 Å². The van der Waals surface area contributed by atoms with Crippen LogP contribution in [0.2, 0.25) is 0 Å². The number of nitrogens with zero attached hydrogens (tertiary/aromatic N) is 1. The summed E-state index contributed by atoms with van der Waals surface area (Å²) in [7, 11) is 3.36. The van der Waals surface area contributed by atoms with Crippen molar-refractivity contribution in [3.05, 3.63) is 53.9 Å². The third kappa shape index (κ3) is 3.77. The van der Waals surface area contributed by atoms with E-state index in [0.717, 1.165) is 45.6 Å². The van der Waals surface area contributed by atoms with Gasteiger partial charge in [0.15, 0.2) is 0 Å². The second-order valence-corrected chi connectivity index (χ2v) is 7.54. The van der Waals surface area contributed by atoms with Gasteiger partial charge in [0.05, 0.1) is 25.6 Å². The van der Waals surface area contributed by atoms with Crippen LogP contribution in [0, 0.1) is 5.92 Å². The molecule has 146 valence electrons. The molecule has 2 atom stereocenters. The zero-order valence-corrected chi connectivity index (χ0v) is 16.8. The van der Waals surface area contributed by atoms with Gasteiger partial charge in [-0.3, -0.25) is 4.99 Å². The number of hydrogen-bond acceptors (Lipinski definition) is 4. The molecule has 4 heteroatoms. The van der Waals surface area contributed by atoms with Crippen LogP contribution in [0.3, 0.4) is 0 Å². The van der Waals surface area contributed by atoms with Crippen LogP contribution in [0.15, 0.2) is 57.9 Å². The van der Waals surface area contributed by atoms with E-state index in [1.807, 2.05) is 42.5 Å². The van der Waals surface area contributed by atoms with E-state index in [2.05, 4.69) is 13.0 Å². The van der Waals surface area contributed by atoms with Gasteiger partial charge in [0.1, 0.15) is 22.8 Å². The first-order valence-corrected chi connectivity index (χ1v) is 9.98. The van der Waals surface area contributed by atoms with Gasteiger partial charge in [-0.05, 0) is 61.2 Å². The molecule has 0 N–H and O–H groups in total. The van der Waals surface area contributed by atoms with Crippen LogP contribution in [0.1, 0.15) is 32.6 Å². The summed E-state index contributed by atoms with van der Waals surface area (Å²) in [6, 6.07) is 16.2. The topological polar surface area (TPSA) is 44.0 Å². The van der Waals surface area contributed by atoms with Crippen molar-refractivity contribution >= 4 is 11.0 Å². The molecule has 1 heterocycles. The first-order chi connectivity index (χ1) is 13.7. The average molecular weight is 377 g/mol. The lowest BCUT2D eigenvalue weighted by atomic mass is 9.86. The van der Waals surface area contributed by atoms with Gasteiger partial charge in [-0.15, -0.1) is 0 Å². The number of rotatable bonds is 4. The molecule has 0 amide bonds. The third-order valence-electron chi connectivity index (χ3n) is 5.70. The van der Waals surface area contributed by atoms with E-state index in [-0.39, 0.29) is 0 Å². The van der Waals surface area contributed by atoms with Crippen LogP contribution in [-0.2, 0) is 0 Å². The normalized spacial score (nSPS) is 20.3. The van der Waals surface area contributed by atoms with Gasteiger partial charge in [-0.1, -0.05) is 19.8 Å². The molecule has 4 rings (SSSR count). The van der Waals surface area contributed by atoms with Crippen molar-refractivity contribution in [1.82, 2.24) is 0 Å². The van der Waals surface area contributed by atoms with E-state index in [1.165, 1.54) is 19.3 Å². The summed E-state index contributed by atoms with van der Waals surface area (Å²) in [6.45, 7) is 2.31. The van der Waals surface area contributed by atoms with Gasteiger partial charge in [-0.25, -0.2) is 0 Å². The zero-order chi connectivity index (χ0) is 19.5. The molecule has 1 aliphatic carbocycles. The first-order valence-electron chi connectivity index (χ1n) is 9.98. The van der Waals surface area contributed by atoms with Gasteiger partial charge in [0.25, 0.3) is 0 Å². The van der Waals surface area contributed by atoms with Crippen molar-refractivity contribution in [2.75, 3.05) is 14.2 Å². The molecule has 1 aromatic heterocycles. The standard InChI is InChI=1S/C24H27NO3/c1-16-6-4-5-7-21(16)25-22-15-24(17-8-10-18(26-2)11-9-17)28-23-13-12-19(27-3)14-20(22)23/h8-16,21H,4-7H2,1-3H3. The molecule has 0 spiro atoms. The van der Waals surface area contributed by atoms with E-state index in [0.29, 0.717) is 12.0 Å². The number of benzene rings is 2. The molecule has 1 aliphatic rings. The molecule has 2 aromatic carbocycles. The van der Waals surface area contributed by atoms with Crippen molar-refractivity contribution in [1.29, 1.82) is 0 Å². The van der Waals surface area contributed by atoms with Gasteiger partial charge in [0.2, 0.25) is 0 Å². The second kappa shape index (κ2) is 8.09. The molecule has 4 nitrogen and oxygen atoms in total. The predicted octanol–water partition coefficient (Wildman–Crippen LogP) is 5.60. The lowest BCUT2D eigenvalue weighted by molar-refractivity contribution is 0.328. The van der Waals surface area contributed by atoms with Crippen LogP contribution < -0.4 is 14.8 Å². The zero-order valence-electron chi connectivity index (χ0n) is 16.8. The maximum Gasteiger partial charge on any atom is 0.137 e. The predicted molar refractivity (Wildman–Crippen MR) is 112 cm³/mol. The quantitative estimate of drug-likeness (QED) is 0.595. The summed E-state index contributed by atoms with van der Waals surface area (Å²) >= 11 is 0. The number of methoxy groups -OCH3 is 2. The summed E-state index contributed by atoms with van der Waals surface area (Å²) in [5.74, 6) is 3.06. The van der Waals surface area contributed by atoms with E-state index in [1.54, 1.807) is 14.2 Å². The second-order valence-electron chi connectivity index (χ2n) is 7.54. The fourth-order valence-corrected chi connectivity index (χ4v) is 3.95. The van der Waals surface area contributed by atoms with Gasteiger partial charge in [-0.2, -0.15) is 0 Å².